The summed E-state index contributed by atoms with van der Waals surface area (Å²) in [6.45, 7) is 0.601. The number of esters is 1. The van der Waals surface area contributed by atoms with Gasteiger partial charge in [0.05, 0.1) is 28.0 Å². The molecule has 2 aliphatic heterocycles. The van der Waals surface area contributed by atoms with Crippen molar-refractivity contribution in [3.8, 4) is 11.5 Å². The highest BCUT2D eigenvalue weighted by Gasteiger charge is 2.25. The van der Waals surface area contributed by atoms with E-state index in [1.54, 1.807) is 36.3 Å². The Bertz CT molecular complexity index is 946. The molecule has 0 spiro atoms. The normalized spacial score (nSPS) is 17.0. The molecule has 2 saturated heterocycles. The minimum atomic E-state index is -0.523. The standard InChI is InChI=1S/C21H20ClNO4S2/c1-26-18-12-14(21-28-9-10-29-21)5-7-17(18)27-20(25)13-4-6-15(22)16(11-13)23-8-2-3-19(23)24/h4-7,11-12,21H,2-3,8-10H2,1H3. The number of nitrogens with zero attached hydrogens (tertiary/aromatic N) is 1. The number of rotatable bonds is 5. The summed E-state index contributed by atoms with van der Waals surface area (Å²) < 4.78 is 11.4. The fourth-order valence-electron chi connectivity index (χ4n) is 3.37. The number of thioether (sulfide) groups is 2. The number of hydrogen-bond donors (Lipinski definition) is 0. The van der Waals surface area contributed by atoms with Gasteiger partial charge in [-0.25, -0.2) is 4.79 Å². The number of carbonyl (C=O) groups excluding carboxylic acids is 2. The summed E-state index contributed by atoms with van der Waals surface area (Å²) in [6.07, 6.45) is 1.27. The van der Waals surface area contributed by atoms with Crippen LogP contribution in [0.2, 0.25) is 5.02 Å². The number of halogens is 1. The third kappa shape index (κ3) is 4.37. The molecule has 0 unspecified atom stereocenters. The van der Waals surface area contributed by atoms with Gasteiger partial charge in [-0.05, 0) is 42.3 Å². The average molecular weight is 450 g/mol. The summed E-state index contributed by atoms with van der Waals surface area (Å²) in [7, 11) is 1.56. The fraction of sp³-hybridized carbons (Fsp3) is 0.333. The second kappa shape index (κ2) is 8.90. The number of anilines is 1. The van der Waals surface area contributed by atoms with Gasteiger partial charge in [-0.15, -0.1) is 23.5 Å². The zero-order chi connectivity index (χ0) is 20.4. The van der Waals surface area contributed by atoms with Crippen molar-refractivity contribution < 1.29 is 19.1 Å². The third-order valence-corrected chi connectivity index (χ3v) is 8.25. The lowest BCUT2D eigenvalue weighted by Gasteiger charge is -2.18. The van der Waals surface area contributed by atoms with Crippen LogP contribution in [0.15, 0.2) is 36.4 Å². The van der Waals surface area contributed by atoms with Crippen LogP contribution in [0.1, 0.15) is 33.3 Å². The zero-order valence-electron chi connectivity index (χ0n) is 15.9. The van der Waals surface area contributed by atoms with Gasteiger partial charge in [-0.2, -0.15) is 0 Å². The second-order valence-corrected chi connectivity index (χ2v) is 9.82. The molecule has 0 N–H and O–H groups in total. The van der Waals surface area contributed by atoms with Crippen LogP contribution in [0.5, 0.6) is 11.5 Å². The van der Waals surface area contributed by atoms with Crippen LogP contribution in [0.4, 0.5) is 5.69 Å². The minimum Gasteiger partial charge on any atom is -0.493 e. The van der Waals surface area contributed by atoms with Gasteiger partial charge in [-0.3, -0.25) is 4.79 Å². The molecular formula is C21H20ClNO4S2. The molecule has 2 aliphatic rings. The molecule has 0 saturated carbocycles. The zero-order valence-corrected chi connectivity index (χ0v) is 18.2. The molecule has 1 amide bonds. The summed E-state index contributed by atoms with van der Waals surface area (Å²) >= 11 is 10.1. The Morgan fingerprint density at radius 2 is 1.93 bits per heavy atom. The summed E-state index contributed by atoms with van der Waals surface area (Å²) in [5, 5.41) is 0.435. The molecule has 8 heteroatoms. The topological polar surface area (TPSA) is 55.8 Å². The fourth-order valence-corrected chi connectivity index (χ4v) is 6.43. The lowest BCUT2D eigenvalue weighted by molar-refractivity contribution is -0.117. The van der Waals surface area contributed by atoms with E-state index < -0.39 is 5.97 Å². The van der Waals surface area contributed by atoms with Crippen LogP contribution in [0, 0.1) is 0 Å². The maximum absolute atomic E-state index is 12.8. The molecule has 4 rings (SSSR count). The smallest absolute Gasteiger partial charge is 0.343 e. The molecule has 2 aromatic rings. The maximum Gasteiger partial charge on any atom is 0.343 e. The van der Waals surface area contributed by atoms with E-state index in [2.05, 4.69) is 0 Å². The monoisotopic (exact) mass is 449 g/mol. The van der Waals surface area contributed by atoms with Crippen molar-refractivity contribution in [3.63, 3.8) is 0 Å². The Hall–Kier alpha value is -1.83. The van der Waals surface area contributed by atoms with Crippen molar-refractivity contribution >= 4 is 52.7 Å². The lowest BCUT2D eigenvalue weighted by Crippen LogP contribution is -2.24. The van der Waals surface area contributed by atoms with Gasteiger partial charge in [0.1, 0.15) is 0 Å². The van der Waals surface area contributed by atoms with E-state index in [0.29, 0.717) is 45.3 Å². The first-order chi connectivity index (χ1) is 14.1. The first-order valence-electron chi connectivity index (χ1n) is 9.30. The molecule has 152 valence electrons. The van der Waals surface area contributed by atoms with Crippen LogP contribution in [-0.4, -0.2) is 37.0 Å². The molecule has 2 heterocycles. The van der Waals surface area contributed by atoms with E-state index in [4.69, 9.17) is 21.1 Å². The molecule has 2 aromatic carbocycles. The molecule has 0 aromatic heterocycles. The van der Waals surface area contributed by atoms with E-state index in [9.17, 15) is 9.59 Å². The van der Waals surface area contributed by atoms with Crippen molar-refractivity contribution in [2.24, 2.45) is 0 Å². The van der Waals surface area contributed by atoms with Crippen LogP contribution in [0.25, 0.3) is 0 Å². The molecule has 0 aliphatic carbocycles. The van der Waals surface area contributed by atoms with Gasteiger partial charge in [0.15, 0.2) is 11.5 Å². The summed E-state index contributed by atoms with van der Waals surface area (Å²) in [5.41, 5.74) is 2.02. The second-order valence-electron chi connectivity index (χ2n) is 6.69. The average Bonchev–Trinajstić information content (AvgIpc) is 3.40. The molecule has 2 fully saturated rings. The Kier molecular flexibility index (Phi) is 6.27. The Morgan fingerprint density at radius 3 is 2.62 bits per heavy atom. The number of ether oxygens (including phenoxy) is 2. The maximum atomic E-state index is 12.8. The van der Waals surface area contributed by atoms with Gasteiger partial charge in [0, 0.05) is 24.5 Å². The predicted molar refractivity (Wildman–Crippen MR) is 119 cm³/mol. The quantitative estimate of drug-likeness (QED) is 0.463. The van der Waals surface area contributed by atoms with Gasteiger partial charge in [0.2, 0.25) is 5.91 Å². The number of amides is 1. The predicted octanol–water partition coefficient (Wildman–Crippen LogP) is 5.17. The van der Waals surface area contributed by atoms with Crippen molar-refractivity contribution in [1.29, 1.82) is 0 Å². The Balaban J connectivity index is 1.55. The van der Waals surface area contributed by atoms with Crippen LogP contribution >= 0.6 is 35.1 Å². The lowest BCUT2D eigenvalue weighted by atomic mass is 10.2. The number of methoxy groups -OCH3 is 1. The Labute approximate surface area is 183 Å². The first kappa shape index (κ1) is 20.4. The molecule has 0 radical (unpaired) electrons. The molecule has 29 heavy (non-hydrogen) atoms. The minimum absolute atomic E-state index is 0.0114. The van der Waals surface area contributed by atoms with Gasteiger partial charge >= 0.3 is 5.97 Å². The summed E-state index contributed by atoms with van der Waals surface area (Å²) in [5.74, 6) is 2.64. The van der Waals surface area contributed by atoms with Crippen molar-refractivity contribution in [3.05, 3.63) is 52.5 Å². The molecular weight excluding hydrogens is 430 g/mol. The SMILES string of the molecule is COc1cc(C2SCCS2)ccc1OC(=O)c1ccc(Cl)c(N2CCCC2=O)c1. The largest absolute Gasteiger partial charge is 0.493 e. The molecule has 0 atom stereocenters. The number of benzene rings is 2. The highest BCUT2D eigenvalue weighted by molar-refractivity contribution is 8.19. The van der Waals surface area contributed by atoms with E-state index in [1.807, 2.05) is 35.7 Å². The first-order valence-corrected chi connectivity index (χ1v) is 11.8. The molecule has 0 bridgehead atoms. The summed E-state index contributed by atoms with van der Waals surface area (Å²) in [4.78, 5) is 26.4. The van der Waals surface area contributed by atoms with E-state index >= 15 is 0 Å². The summed E-state index contributed by atoms with van der Waals surface area (Å²) in [6, 6.07) is 10.5. The van der Waals surface area contributed by atoms with Crippen molar-refractivity contribution in [2.75, 3.05) is 30.1 Å². The Morgan fingerprint density at radius 1 is 1.14 bits per heavy atom. The third-order valence-electron chi connectivity index (χ3n) is 4.83. The number of carbonyl (C=O) groups is 2. The van der Waals surface area contributed by atoms with E-state index in [-0.39, 0.29) is 5.91 Å². The highest BCUT2D eigenvalue weighted by Crippen LogP contribution is 2.47. The van der Waals surface area contributed by atoms with Crippen molar-refractivity contribution in [1.82, 2.24) is 0 Å². The van der Waals surface area contributed by atoms with E-state index in [0.717, 1.165) is 23.5 Å². The molecule has 5 nitrogen and oxygen atoms in total. The van der Waals surface area contributed by atoms with Crippen LogP contribution in [-0.2, 0) is 4.79 Å². The van der Waals surface area contributed by atoms with Crippen LogP contribution in [0.3, 0.4) is 0 Å². The van der Waals surface area contributed by atoms with E-state index in [1.165, 1.54) is 0 Å². The highest BCUT2D eigenvalue weighted by atomic mass is 35.5. The van der Waals surface area contributed by atoms with Gasteiger partial charge < -0.3 is 14.4 Å². The van der Waals surface area contributed by atoms with Crippen LogP contribution < -0.4 is 14.4 Å². The number of hydrogen-bond acceptors (Lipinski definition) is 6. The van der Waals surface area contributed by atoms with Gasteiger partial charge in [-0.1, -0.05) is 17.7 Å². The van der Waals surface area contributed by atoms with Gasteiger partial charge in [0.25, 0.3) is 0 Å². The van der Waals surface area contributed by atoms with Crippen molar-refractivity contribution in [2.45, 2.75) is 17.4 Å².